The van der Waals surface area contributed by atoms with Crippen LogP contribution in [0.15, 0.2) is 140 Å². The summed E-state index contributed by atoms with van der Waals surface area (Å²) < 4.78 is 0. The van der Waals surface area contributed by atoms with Gasteiger partial charge in [0.2, 0.25) is 0 Å². The zero-order chi connectivity index (χ0) is 26.0. The van der Waals surface area contributed by atoms with Crippen LogP contribution in [0.1, 0.15) is 27.8 Å². The molecule has 0 aromatic heterocycles. The van der Waals surface area contributed by atoms with Crippen LogP contribution in [0.3, 0.4) is 0 Å². The number of hydrogen-bond acceptors (Lipinski definition) is 1. The molecule has 0 amide bonds. The average Bonchev–Trinajstić information content (AvgIpc) is 3.47. The van der Waals surface area contributed by atoms with Crippen molar-refractivity contribution < 1.29 is 0 Å². The van der Waals surface area contributed by atoms with Gasteiger partial charge in [0.25, 0.3) is 0 Å². The number of aryl methyl sites for hydroxylation is 1. The normalized spacial score (nSPS) is 13.5. The maximum atomic E-state index is 3.85. The van der Waals surface area contributed by atoms with E-state index in [0.717, 1.165) is 11.4 Å². The third kappa shape index (κ3) is 3.02. The molecule has 1 N–H and O–H groups in total. The first-order valence-corrected chi connectivity index (χ1v) is 13.6. The van der Waals surface area contributed by atoms with Crippen molar-refractivity contribution in [2.45, 2.75) is 12.3 Å². The molecule has 6 aromatic carbocycles. The molecule has 2 aliphatic rings. The van der Waals surface area contributed by atoms with Gasteiger partial charge in [-0.2, -0.15) is 0 Å². The SMILES string of the molecule is Cc1cc(-c2ccccc2)ccc1Nc1cccc2c1-c1ccccc1C21c2ccccc2-c2ccccc21. The molecule has 0 heterocycles. The smallest absolute Gasteiger partial charge is 0.0726 e. The number of anilines is 2. The molecule has 6 aromatic rings. The monoisotopic (exact) mass is 497 g/mol. The lowest BCUT2D eigenvalue weighted by atomic mass is 9.70. The zero-order valence-electron chi connectivity index (χ0n) is 21.8. The van der Waals surface area contributed by atoms with Crippen LogP contribution in [0.5, 0.6) is 0 Å². The highest BCUT2D eigenvalue weighted by Crippen LogP contribution is 2.63. The summed E-state index contributed by atoms with van der Waals surface area (Å²) in [6, 6.07) is 51.0. The van der Waals surface area contributed by atoms with E-state index in [1.807, 2.05) is 0 Å². The molecule has 0 atom stereocenters. The Labute approximate surface area is 229 Å². The summed E-state index contributed by atoms with van der Waals surface area (Å²) in [5, 5.41) is 3.85. The quantitative estimate of drug-likeness (QED) is 0.256. The fourth-order valence-corrected chi connectivity index (χ4v) is 7.01. The molecular weight excluding hydrogens is 470 g/mol. The summed E-state index contributed by atoms with van der Waals surface area (Å²) in [5.74, 6) is 0. The van der Waals surface area contributed by atoms with Crippen molar-refractivity contribution in [1.29, 1.82) is 0 Å². The first kappa shape index (κ1) is 22.1. The molecule has 0 saturated carbocycles. The van der Waals surface area contributed by atoms with Gasteiger partial charge in [0.1, 0.15) is 0 Å². The van der Waals surface area contributed by atoms with Crippen molar-refractivity contribution in [1.82, 2.24) is 0 Å². The standard InChI is InChI=1S/C38H27N/c1-25-24-27(26-12-3-2-4-13-26)22-23-35(25)39-36-21-11-20-34-37(36)30-16-7-10-19-33(30)38(34)31-17-8-5-14-28(31)29-15-6-9-18-32(29)38/h2-24,39H,1H3. The third-order valence-electron chi connectivity index (χ3n) is 8.62. The Bertz CT molecular complexity index is 1850. The van der Waals surface area contributed by atoms with E-state index in [1.54, 1.807) is 0 Å². The van der Waals surface area contributed by atoms with Gasteiger partial charge in [-0.25, -0.2) is 0 Å². The molecule has 1 heteroatoms. The molecule has 0 fully saturated rings. The van der Waals surface area contributed by atoms with Gasteiger partial charge in [-0.3, -0.25) is 0 Å². The number of benzene rings is 6. The molecule has 2 aliphatic carbocycles. The highest BCUT2D eigenvalue weighted by atomic mass is 14.9. The Morgan fingerprint density at radius 3 is 1.67 bits per heavy atom. The van der Waals surface area contributed by atoms with Gasteiger partial charge in [0.05, 0.1) is 5.41 Å². The molecule has 0 radical (unpaired) electrons. The highest BCUT2D eigenvalue weighted by Gasteiger charge is 2.51. The third-order valence-corrected chi connectivity index (χ3v) is 8.62. The number of nitrogens with one attached hydrogen (secondary N) is 1. The van der Waals surface area contributed by atoms with Crippen LogP contribution in [-0.4, -0.2) is 0 Å². The lowest BCUT2D eigenvalue weighted by Gasteiger charge is -2.30. The summed E-state index contributed by atoms with van der Waals surface area (Å²) in [7, 11) is 0. The van der Waals surface area contributed by atoms with Gasteiger partial charge >= 0.3 is 0 Å². The molecule has 39 heavy (non-hydrogen) atoms. The topological polar surface area (TPSA) is 12.0 Å². The highest BCUT2D eigenvalue weighted by molar-refractivity contribution is 5.99. The van der Waals surface area contributed by atoms with Crippen LogP contribution in [0.4, 0.5) is 11.4 Å². The van der Waals surface area contributed by atoms with E-state index in [1.165, 1.54) is 61.2 Å². The van der Waals surface area contributed by atoms with Gasteiger partial charge in [0.15, 0.2) is 0 Å². The van der Waals surface area contributed by atoms with Gasteiger partial charge < -0.3 is 5.32 Å². The van der Waals surface area contributed by atoms with Crippen molar-refractivity contribution in [2.75, 3.05) is 5.32 Å². The summed E-state index contributed by atoms with van der Waals surface area (Å²) in [4.78, 5) is 0. The Kier molecular flexibility index (Phi) is 4.72. The summed E-state index contributed by atoms with van der Waals surface area (Å²) in [6.07, 6.45) is 0. The van der Waals surface area contributed by atoms with Crippen LogP contribution in [0.25, 0.3) is 33.4 Å². The van der Waals surface area contributed by atoms with Crippen LogP contribution in [-0.2, 0) is 5.41 Å². The summed E-state index contributed by atoms with van der Waals surface area (Å²) >= 11 is 0. The van der Waals surface area contributed by atoms with E-state index in [2.05, 4.69) is 152 Å². The Balaban J connectivity index is 1.33. The molecule has 8 rings (SSSR count). The maximum absolute atomic E-state index is 3.85. The molecule has 1 nitrogen and oxygen atoms in total. The van der Waals surface area contributed by atoms with E-state index in [0.29, 0.717) is 0 Å². The Morgan fingerprint density at radius 1 is 0.436 bits per heavy atom. The fourth-order valence-electron chi connectivity index (χ4n) is 7.01. The summed E-state index contributed by atoms with van der Waals surface area (Å²) in [5.41, 5.74) is 16.4. The predicted octanol–water partition coefficient (Wildman–Crippen LogP) is 9.75. The minimum Gasteiger partial charge on any atom is -0.355 e. The van der Waals surface area contributed by atoms with Crippen LogP contribution < -0.4 is 5.32 Å². The van der Waals surface area contributed by atoms with Crippen molar-refractivity contribution in [3.8, 4) is 33.4 Å². The average molecular weight is 498 g/mol. The Morgan fingerprint density at radius 2 is 1.00 bits per heavy atom. The van der Waals surface area contributed by atoms with Gasteiger partial charge in [0, 0.05) is 16.9 Å². The van der Waals surface area contributed by atoms with Gasteiger partial charge in [-0.1, -0.05) is 121 Å². The van der Waals surface area contributed by atoms with Gasteiger partial charge in [-0.05, 0) is 80.8 Å². The van der Waals surface area contributed by atoms with Crippen molar-refractivity contribution in [2.24, 2.45) is 0 Å². The lowest BCUT2D eigenvalue weighted by molar-refractivity contribution is 0.794. The van der Waals surface area contributed by atoms with Crippen LogP contribution in [0, 0.1) is 6.92 Å². The van der Waals surface area contributed by atoms with E-state index in [-0.39, 0.29) is 5.41 Å². The predicted molar refractivity (Wildman–Crippen MR) is 163 cm³/mol. The zero-order valence-corrected chi connectivity index (χ0v) is 21.8. The van der Waals surface area contributed by atoms with E-state index in [4.69, 9.17) is 0 Å². The van der Waals surface area contributed by atoms with Crippen LogP contribution >= 0.6 is 0 Å². The van der Waals surface area contributed by atoms with E-state index < -0.39 is 0 Å². The summed E-state index contributed by atoms with van der Waals surface area (Å²) in [6.45, 7) is 2.19. The first-order valence-electron chi connectivity index (χ1n) is 13.6. The molecule has 0 bridgehead atoms. The van der Waals surface area contributed by atoms with Crippen LogP contribution in [0.2, 0.25) is 0 Å². The van der Waals surface area contributed by atoms with Crippen molar-refractivity contribution in [3.63, 3.8) is 0 Å². The maximum Gasteiger partial charge on any atom is 0.0726 e. The second-order valence-corrected chi connectivity index (χ2v) is 10.6. The molecular formula is C38H27N. The van der Waals surface area contributed by atoms with Gasteiger partial charge in [-0.15, -0.1) is 0 Å². The van der Waals surface area contributed by atoms with E-state index in [9.17, 15) is 0 Å². The second kappa shape index (κ2) is 8.31. The van der Waals surface area contributed by atoms with Crippen molar-refractivity contribution in [3.05, 3.63) is 167 Å². The Hall–Kier alpha value is -4.88. The first-order chi connectivity index (χ1) is 19.3. The minimum absolute atomic E-state index is 0.316. The second-order valence-electron chi connectivity index (χ2n) is 10.6. The minimum atomic E-state index is -0.316. The molecule has 0 aliphatic heterocycles. The van der Waals surface area contributed by atoms with Crippen molar-refractivity contribution >= 4 is 11.4 Å². The molecule has 0 unspecified atom stereocenters. The lowest BCUT2D eigenvalue weighted by Crippen LogP contribution is -2.25. The molecule has 184 valence electrons. The number of rotatable bonds is 3. The largest absolute Gasteiger partial charge is 0.355 e. The fraction of sp³-hybridized carbons (Fsp3) is 0.0526. The molecule has 1 spiro atoms. The number of fused-ring (bicyclic) bond motifs is 10. The van der Waals surface area contributed by atoms with E-state index >= 15 is 0 Å². The molecule has 0 saturated heterocycles. The number of hydrogen-bond donors (Lipinski definition) is 1.